The number of hydrogen-bond acceptors (Lipinski definition) is 0. The lowest BCUT2D eigenvalue weighted by Crippen LogP contribution is -1.95. The Kier molecular flexibility index (Phi) is 2.75. The molecule has 0 heterocycles. The van der Waals surface area contributed by atoms with Gasteiger partial charge in [0, 0.05) is 0 Å². The monoisotopic (exact) mass is 152 g/mol. The minimum atomic E-state index is 0.724. The highest BCUT2D eigenvalue weighted by atomic mass is 14.5. The minimum Gasteiger partial charge on any atom is -0.0917 e. The van der Waals surface area contributed by atoms with Crippen LogP contribution in [0.15, 0.2) is 12.2 Å². The summed E-state index contributed by atoms with van der Waals surface area (Å²) in [6.07, 6.45) is 9.97. The van der Waals surface area contributed by atoms with Gasteiger partial charge in [0.15, 0.2) is 0 Å². The third kappa shape index (κ3) is 2.36. The molecule has 0 N–H and O–H groups in total. The lowest BCUT2D eigenvalue weighted by Gasteiger charge is -2.06. The van der Waals surface area contributed by atoms with Crippen molar-refractivity contribution in [2.45, 2.75) is 46.5 Å². The van der Waals surface area contributed by atoms with Crippen LogP contribution in [0.25, 0.3) is 0 Å². The largest absolute Gasteiger partial charge is 0.0917 e. The maximum Gasteiger partial charge on any atom is -0.0297 e. The third-order valence-corrected chi connectivity index (χ3v) is 3.16. The molecule has 0 aromatic carbocycles. The van der Waals surface area contributed by atoms with Crippen molar-refractivity contribution in [2.75, 3.05) is 0 Å². The summed E-state index contributed by atoms with van der Waals surface area (Å²) in [5.74, 6) is 0.994. The standard InChI is InChI=1S/C11H20/c1-4-5-6-7-8-11(3)9-10(11)2/h4-5,10H,6-9H2,1-3H3/b5-4+. The van der Waals surface area contributed by atoms with Crippen LogP contribution in [0, 0.1) is 11.3 Å². The fourth-order valence-corrected chi connectivity index (χ4v) is 1.78. The van der Waals surface area contributed by atoms with Gasteiger partial charge < -0.3 is 0 Å². The van der Waals surface area contributed by atoms with E-state index in [0.29, 0.717) is 0 Å². The van der Waals surface area contributed by atoms with E-state index < -0.39 is 0 Å². The molecule has 11 heavy (non-hydrogen) atoms. The summed E-state index contributed by atoms with van der Waals surface area (Å²) in [7, 11) is 0. The Balaban J connectivity index is 2.04. The Hall–Kier alpha value is -0.260. The van der Waals surface area contributed by atoms with Gasteiger partial charge >= 0.3 is 0 Å². The van der Waals surface area contributed by atoms with Crippen molar-refractivity contribution < 1.29 is 0 Å². The molecule has 1 saturated carbocycles. The summed E-state index contributed by atoms with van der Waals surface area (Å²) in [4.78, 5) is 0. The topological polar surface area (TPSA) is 0 Å². The summed E-state index contributed by atoms with van der Waals surface area (Å²) in [6, 6.07) is 0. The third-order valence-electron chi connectivity index (χ3n) is 3.16. The molecule has 2 unspecified atom stereocenters. The first-order valence-corrected chi connectivity index (χ1v) is 4.80. The molecule has 0 heteroatoms. The molecule has 0 spiro atoms. The Morgan fingerprint density at radius 3 is 2.64 bits per heavy atom. The Morgan fingerprint density at radius 2 is 2.18 bits per heavy atom. The van der Waals surface area contributed by atoms with Gasteiger partial charge in [-0.25, -0.2) is 0 Å². The van der Waals surface area contributed by atoms with E-state index in [2.05, 4.69) is 32.9 Å². The van der Waals surface area contributed by atoms with Crippen LogP contribution in [0.2, 0.25) is 0 Å². The normalized spacial score (nSPS) is 36.5. The molecule has 1 fully saturated rings. The second-order valence-corrected chi connectivity index (χ2v) is 4.22. The highest BCUT2D eigenvalue weighted by Crippen LogP contribution is 2.55. The zero-order chi connectivity index (χ0) is 8.32. The molecular weight excluding hydrogens is 132 g/mol. The minimum absolute atomic E-state index is 0.724. The zero-order valence-corrected chi connectivity index (χ0v) is 8.06. The maximum absolute atomic E-state index is 2.42. The fourth-order valence-electron chi connectivity index (χ4n) is 1.78. The first-order chi connectivity index (χ1) is 5.19. The van der Waals surface area contributed by atoms with Gasteiger partial charge in [0.1, 0.15) is 0 Å². The van der Waals surface area contributed by atoms with Crippen LogP contribution < -0.4 is 0 Å². The Morgan fingerprint density at radius 1 is 1.55 bits per heavy atom. The molecule has 0 aromatic rings. The highest BCUT2D eigenvalue weighted by Gasteiger charge is 2.45. The van der Waals surface area contributed by atoms with Crippen molar-refractivity contribution in [2.24, 2.45) is 11.3 Å². The Labute approximate surface area is 70.7 Å². The van der Waals surface area contributed by atoms with Gasteiger partial charge in [-0.2, -0.15) is 0 Å². The van der Waals surface area contributed by atoms with Crippen molar-refractivity contribution in [3.05, 3.63) is 12.2 Å². The molecule has 0 aromatic heterocycles. The van der Waals surface area contributed by atoms with Crippen LogP contribution in [0.4, 0.5) is 0 Å². The molecule has 0 radical (unpaired) electrons. The zero-order valence-electron chi connectivity index (χ0n) is 8.06. The molecule has 0 bridgehead atoms. The molecule has 64 valence electrons. The van der Waals surface area contributed by atoms with E-state index >= 15 is 0 Å². The number of unbranched alkanes of at least 4 members (excludes halogenated alkanes) is 1. The summed E-state index contributed by atoms with van der Waals surface area (Å²) in [5.41, 5.74) is 0.724. The van der Waals surface area contributed by atoms with E-state index in [1.165, 1.54) is 25.7 Å². The predicted octanol–water partition coefficient (Wildman–Crippen LogP) is 3.78. The van der Waals surface area contributed by atoms with Crippen LogP contribution in [0.3, 0.4) is 0 Å². The van der Waals surface area contributed by atoms with Gasteiger partial charge in [-0.15, -0.1) is 0 Å². The Bertz CT molecular complexity index is 146. The molecular formula is C11H20. The second-order valence-electron chi connectivity index (χ2n) is 4.22. The van der Waals surface area contributed by atoms with Crippen LogP contribution in [-0.4, -0.2) is 0 Å². The van der Waals surface area contributed by atoms with Crippen molar-refractivity contribution in [3.8, 4) is 0 Å². The van der Waals surface area contributed by atoms with E-state index in [0.717, 1.165) is 11.3 Å². The van der Waals surface area contributed by atoms with Crippen LogP contribution in [0.5, 0.6) is 0 Å². The van der Waals surface area contributed by atoms with E-state index in [1.807, 2.05) is 0 Å². The fraction of sp³-hybridized carbons (Fsp3) is 0.818. The van der Waals surface area contributed by atoms with Crippen LogP contribution in [0.1, 0.15) is 46.5 Å². The van der Waals surface area contributed by atoms with Gasteiger partial charge in [0.2, 0.25) is 0 Å². The summed E-state index contributed by atoms with van der Waals surface area (Å²) >= 11 is 0. The summed E-state index contributed by atoms with van der Waals surface area (Å²) in [5, 5.41) is 0. The van der Waals surface area contributed by atoms with E-state index in [4.69, 9.17) is 0 Å². The van der Waals surface area contributed by atoms with Gasteiger partial charge in [0.05, 0.1) is 0 Å². The summed E-state index contributed by atoms with van der Waals surface area (Å²) < 4.78 is 0. The van der Waals surface area contributed by atoms with E-state index in [1.54, 1.807) is 0 Å². The van der Waals surface area contributed by atoms with E-state index in [9.17, 15) is 0 Å². The van der Waals surface area contributed by atoms with Gasteiger partial charge in [0.25, 0.3) is 0 Å². The number of rotatable bonds is 4. The number of allylic oxidation sites excluding steroid dienone is 2. The smallest absolute Gasteiger partial charge is 0.0297 e. The highest BCUT2D eigenvalue weighted by molar-refractivity contribution is 4.96. The maximum atomic E-state index is 2.42. The lowest BCUT2D eigenvalue weighted by atomic mass is 9.99. The molecule has 0 amide bonds. The molecule has 1 rings (SSSR count). The van der Waals surface area contributed by atoms with Crippen LogP contribution in [-0.2, 0) is 0 Å². The van der Waals surface area contributed by atoms with E-state index in [-0.39, 0.29) is 0 Å². The predicted molar refractivity (Wildman–Crippen MR) is 50.6 cm³/mol. The van der Waals surface area contributed by atoms with Crippen LogP contribution >= 0.6 is 0 Å². The van der Waals surface area contributed by atoms with Crippen molar-refractivity contribution >= 4 is 0 Å². The first kappa shape index (κ1) is 8.83. The average molecular weight is 152 g/mol. The molecule has 1 aliphatic carbocycles. The molecule has 0 nitrogen and oxygen atoms in total. The molecule has 0 aliphatic heterocycles. The van der Waals surface area contributed by atoms with Gasteiger partial charge in [-0.1, -0.05) is 26.0 Å². The van der Waals surface area contributed by atoms with Crippen molar-refractivity contribution in [1.29, 1.82) is 0 Å². The second kappa shape index (κ2) is 3.42. The SMILES string of the molecule is C/C=C/CCCC1(C)CC1C. The molecule has 1 aliphatic rings. The summed E-state index contributed by atoms with van der Waals surface area (Å²) in [6.45, 7) is 6.89. The molecule has 2 atom stereocenters. The average Bonchev–Trinajstić information content (AvgIpc) is 2.54. The van der Waals surface area contributed by atoms with Gasteiger partial charge in [-0.3, -0.25) is 0 Å². The molecule has 0 saturated heterocycles. The number of hydrogen-bond donors (Lipinski definition) is 0. The first-order valence-electron chi connectivity index (χ1n) is 4.80. The van der Waals surface area contributed by atoms with Gasteiger partial charge in [-0.05, 0) is 43.9 Å². The van der Waals surface area contributed by atoms with Crippen molar-refractivity contribution in [1.82, 2.24) is 0 Å². The quantitative estimate of drug-likeness (QED) is 0.425. The lowest BCUT2D eigenvalue weighted by molar-refractivity contribution is 0.459. The van der Waals surface area contributed by atoms with Crippen molar-refractivity contribution in [3.63, 3.8) is 0 Å².